The van der Waals surface area contributed by atoms with E-state index in [1.54, 1.807) is 58.5 Å². The Morgan fingerprint density at radius 2 is 2.04 bits per heavy atom. The largest absolute Gasteiger partial charge is 0.405 e. The van der Waals surface area contributed by atoms with E-state index in [0.717, 1.165) is 0 Å². The molecule has 0 aliphatic carbocycles. The van der Waals surface area contributed by atoms with E-state index >= 15 is 0 Å². The summed E-state index contributed by atoms with van der Waals surface area (Å²) in [4.78, 5) is 15.9. The van der Waals surface area contributed by atoms with E-state index in [-0.39, 0.29) is 5.84 Å². The molecule has 28 heavy (non-hydrogen) atoms. The number of carbonyl (C=O) groups excluding carboxylic acids is 1. The Balaban J connectivity index is 1.83. The molecule has 4 N–H and O–H groups in total. The average molecular weight is 389 g/mol. The summed E-state index contributed by atoms with van der Waals surface area (Å²) in [6, 6.07) is 8.83. The molecular weight excluding hydrogens is 375 g/mol. The number of amidine groups is 1. The van der Waals surface area contributed by atoms with Crippen LogP contribution in [-0.2, 0) is 0 Å². The number of amides is 2. The molecule has 0 aliphatic heterocycles. The van der Waals surface area contributed by atoms with Crippen LogP contribution in [0.2, 0.25) is 0 Å². The van der Waals surface area contributed by atoms with Gasteiger partial charge >= 0.3 is 12.2 Å². The molecule has 11 heteroatoms. The van der Waals surface area contributed by atoms with E-state index < -0.39 is 18.8 Å². The van der Waals surface area contributed by atoms with Crippen molar-refractivity contribution in [3.63, 3.8) is 0 Å². The van der Waals surface area contributed by atoms with Crippen molar-refractivity contribution < 1.29 is 18.0 Å². The first-order valence-corrected chi connectivity index (χ1v) is 7.92. The monoisotopic (exact) mass is 389 g/mol. The fourth-order valence-corrected chi connectivity index (χ4v) is 2.52. The quantitative estimate of drug-likeness (QED) is 0.306. The molecule has 8 nitrogen and oxygen atoms in total. The lowest BCUT2D eigenvalue weighted by molar-refractivity contribution is -0.122. The van der Waals surface area contributed by atoms with Gasteiger partial charge in [-0.05, 0) is 24.3 Å². The minimum Gasteiger partial charge on any atom is -0.329 e. The third kappa shape index (κ3) is 4.31. The Morgan fingerprint density at radius 3 is 2.75 bits per heavy atom. The predicted molar refractivity (Wildman–Crippen MR) is 95.7 cm³/mol. The zero-order valence-electron chi connectivity index (χ0n) is 14.2. The van der Waals surface area contributed by atoms with Gasteiger partial charge in [-0.2, -0.15) is 13.2 Å². The second-order valence-electron chi connectivity index (χ2n) is 5.75. The maximum atomic E-state index is 12.2. The normalized spacial score (nSPS) is 11.2. The first kappa shape index (κ1) is 19.0. The van der Waals surface area contributed by atoms with Crippen LogP contribution in [-0.4, -0.2) is 34.0 Å². The molecule has 0 unspecified atom stereocenters. The Bertz CT molecular complexity index is 1060. The zero-order valence-corrected chi connectivity index (χ0v) is 14.2. The minimum absolute atomic E-state index is 0.192. The number of benzene rings is 1. The molecular formula is C17H14F3N7O. The van der Waals surface area contributed by atoms with Crippen LogP contribution in [0.15, 0.2) is 53.9 Å². The van der Waals surface area contributed by atoms with Crippen LogP contribution in [0.1, 0.15) is 5.56 Å². The molecule has 2 amide bonds. The predicted octanol–water partition coefficient (Wildman–Crippen LogP) is 4.04. The third-order valence-electron chi connectivity index (χ3n) is 3.76. The van der Waals surface area contributed by atoms with Crippen molar-refractivity contribution in [2.24, 2.45) is 5.11 Å². The molecule has 0 saturated carbocycles. The van der Waals surface area contributed by atoms with E-state index in [1.807, 2.05) is 0 Å². The fourth-order valence-electron chi connectivity index (χ4n) is 2.52. The maximum absolute atomic E-state index is 12.2. The van der Waals surface area contributed by atoms with Gasteiger partial charge < -0.3 is 10.6 Å². The molecule has 0 fully saturated rings. The second-order valence-corrected chi connectivity index (χ2v) is 5.75. The van der Waals surface area contributed by atoms with Gasteiger partial charge in [0.2, 0.25) is 0 Å². The number of aromatic nitrogens is 2. The summed E-state index contributed by atoms with van der Waals surface area (Å²) >= 11 is 0. The summed E-state index contributed by atoms with van der Waals surface area (Å²) < 4.78 is 38.3. The Labute approximate surface area is 156 Å². The molecule has 0 bridgehead atoms. The number of hydrogen-bond donors (Lipinski definition) is 4. The number of urea groups is 1. The lowest BCUT2D eigenvalue weighted by Crippen LogP contribution is -2.36. The second kappa shape index (κ2) is 7.47. The molecule has 2 heterocycles. The number of nitrogens with one attached hydrogen (secondary N) is 4. The maximum Gasteiger partial charge on any atom is 0.405 e. The summed E-state index contributed by atoms with van der Waals surface area (Å²) in [5, 5.41) is 14.8. The topological polar surface area (TPSA) is 118 Å². The first-order chi connectivity index (χ1) is 13.3. The number of carbonyl (C=O) groups is 1. The highest BCUT2D eigenvalue weighted by molar-refractivity contribution is 5.97. The molecule has 0 spiro atoms. The smallest absolute Gasteiger partial charge is 0.329 e. The molecule has 3 aromatic rings. The van der Waals surface area contributed by atoms with Crippen molar-refractivity contribution in [3.05, 3.63) is 54.4 Å². The molecule has 0 radical (unpaired) electrons. The first-order valence-electron chi connectivity index (χ1n) is 7.92. The number of alkyl halides is 3. The average Bonchev–Trinajstić information content (AvgIpc) is 3.08. The zero-order chi connectivity index (χ0) is 20.3. The summed E-state index contributed by atoms with van der Waals surface area (Å²) in [6.07, 6.45) is -1.23. The van der Waals surface area contributed by atoms with E-state index in [1.165, 1.54) is 0 Å². The van der Waals surface area contributed by atoms with Gasteiger partial charge in [-0.1, -0.05) is 12.1 Å². The number of nitrogens with zero attached hydrogens (tertiary/aromatic N) is 3. The van der Waals surface area contributed by atoms with Crippen molar-refractivity contribution in [3.8, 4) is 11.3 Å². The number of fused-ring (bicyclic) bond motifs is 1. The van der Waals surface area contributed by atoms with Crippen LogP contribution in [0.4, 0.5) is 23.7 Å². The Hall–Kier alpha value is -3.76. The minimum atomic E-state index is -4.49. The highest BCUT2D eigenvalue weighted by atomic mass is 19.4. The van der Waals surface area contributed by atoms with Gasteiger partial charge in [-0.3, -0.25) is 9.81 Å². The van der Waals surface area contributed by atoms with Crippen LogP contribution >= 0.6 is 0 Å². The molecule has 0 atom stereocenters. The molecule has 0 aliphatic rings. The lowest BCUT2D eigenvalue weighted by Gasteiger charge is -2.10. The molecule has 1 aromatic carbocycles. The Morgan fingerprint density at radius 1 is 1.25 bits per heavy atom. The summed E-state index contributed by atoms with van der Waals surface area (Å²) in [6.45, 7) is -1.42. The van der Waals surface area contributed by atoms with Crippen LogP contribution in [0.3, 0.4) is 0 Å². The third-order valence-corrected chi connectivity index (χ3v) is 3.76. The number of imidazole rings is 1. The van der Waals surface area contributed by atoms with Crippen LogP contribution in [0.5, 0.6) is 0 Å². The van der Waals surface area contributed by atoms with E-state index in [2.05, 4.69) is 15.4 Å². The van der Waals surface area contributed by atoms with Crippen molar-refractivity contribution in [1.29, 1.82) is 10.9 Å². The van der Waals surface area contributed by atoms with Crippen LogP contribution in [0.25, 0.3) is 16.9 Å². The molecule has 3 rings (SSSR count). The number of anilines is 1. The van der Waals surface area contributed by atoms with Crippen molar-refractivity contribution >= 4 is 23.2 Å². The van der Waals surface area contributed by atoms with Gasteiger partial charge in [-0.25, -0.2) is 15.3 Å². The van der Waals surface area contributed by atoms with Gasteiger partial charge in [-0.15, -0.1) is 5.11 Å². The lowest BCUT2D eigenvalue weighted by atomic mass is 10.1. The molecule has 0 saturated heterocycles. The molecule has 2 aromatic heterocycles. The highest BCUT2D eigenvalue weighted by Gasteiger charge is 2.27. The standard InChI is InChI=1S/C17H14F3N7O/c18-17(19,20)9-24-16(28)25-12-3-1-2-10(6-12)13-8-23-14-7-11(15(21)26-22)4-5-27(13)14/h1-8,21-22H,9H2,(H2,24,25,28). The van der Waals surface area contributed by atoms with Gasteiger partial charge in [0.05, 0.1) is 11.9 Å². The fraction of sp³-hybridized carbons (Fsp3) is 0.118. The SMILES string of the molecule is N=NC(=N)c1ccn2c(-c3cccc(NC(=O)NCC(F)(F)F)c3)cnc2c1. The van der Waals surface area contributed by atoms with Gasteiger partial charge in [0.15, 0.2) is 5.84 Å². The van der Waals surface area contributed by atoms with Crippen molar-refractivity contribution in [2.75, 3.05) is 11.9 Å². The van der Waals surface area contributed by atoms with E-state index in [4.69, 9.17) is 10.9 Å². The van der Waals surface area contributed by atoms with Gasteiger partial charge in [0.1, 0.15) is 12.2 Å². The Kier molecular flexibility index (Phi) is 5.07. The van der Waals surface area contributed by atoms with Crippen molar-refractivity contribution in [2.45, 2.75) is 6.18 Å². The van der Waals surface area contributed by atoms with Gasteiger partial charge in [0.25, 0.3) is 0 Å². The van der Waals surface area contributed by atoms with Crippen molar-refractivity contribution in [1.82, 2.24) is 14.7 Å². The van der Waals surface area contributed by atoms with Crippen LogP contribution < -0.4 is 10.6 Å². The number of hydrogen-bond acceptors (Lipinski definition) is 4. The summed E-state index contributed by atoms with van der Waals surface area (Å²) in [7, 11) is 0. The van der Waals surface area contributed by atoms with Crippen LogP contribution in [0, 0.1) is 10.9 Å². The summed E-state index contributed by atoms with van der Waals surface area (Å²) in [5.41, 5.74) is 9.55. The number of halogens is 3. The van der Waals surface area contributed by atoms with Gasteiger partial charge in [0, 0.05) is 23.0 Å². The number of pyridine rings is 1. The molecule has 144 valence electrons. The number of rotatable bonds is 4. The van der Waals surface area contributed by atoms with E-state index in [9.17, 15) is 18.0 Å². The summed E-state index contributed by atoms with van der Waals surface area (Å²) in [5.74, 6) is -0.192. The van der Waals surface area contributed by atoms with E-state index in [0.29, 0.717) is 28.2 Å². The highest BCUT2D eigenvalue weighted by Crippen LogP contribution is 2.24.